The maximum absolute atomic E-state index is 11.7. The molecule has 0 saturated carbocycles. The average molecular weight is 276 g/mol. The maximum atomic E-state index is 11.7. The predicted molar refractivity (Wildman–Crippen MR) is 77.1 cm³/mol. The highest BCUT2D eigenvalue weighted by Gasteiger charge is 2.32. The van der Waals surface area contributed by atoms with Crippen molar-refractivity contribution in [3.8, 4) is 5.75 Å². The van der Waals surface area contributed by atoms with E-state index in [4.69, 9.17) is 11.6 Å². The van der Waals surface area contributed by atoms with E-state index in [1.54, 1.807) is 11.0 Å². The van der Waals surface area contributed by atoms with Gasteiger partial charge in [0.25, 0.3) is 0 Å². The number of hydrogen-bond donors (Lipinski definition) is 1. The Hall–Kier alpha value is -1.74. The van der Waals surface area contributed by atoms with Gasteiger partial charge in [-0.1, -0.05) is 24.3 Å². The molecule has 3 rings (SSSR count). The van der Waals surface area contributed by atoms with Gasteiger partial charge in [0.2, 0.25) is 5.91 Å². The standard InChI is InChI=1S/C15H14ClNO2/c1-9(18)17-8-10(7-16)15-12-5-3-2-4-11(12)14(19)6-13(15)17/h2-6,10,19H,7-8H2,1H3/t10-/m0/s1. The van der Waals surface area contributed by atoms with E-state index in [1.165, 1.54) is 6.92 Å². The number of hydrogen-bond acceptors (Lipinski definition) is 2. The van der Waals surface area contributed by atoms with Gasteiger partial charge in [0.1, 0.15) is 5.75 Å². The van der Waals surface area contributed by atoms with Gasteiger partial charge in [0, 0.05) is 36.7 Å². The third kappa shape index (κ3) is 1.77. The molecule has 19 heavy (non-hydrogen) atoms. The molecule has 1 atom stereocenters. The first-order valence-corrected chi connectivity index (χ1v) is 6.75. The molecule has 0 fully saturated rings. The lowest BCUT2D eigenvalue weighted by atomic mass is 9.95. The van der Waals surface area contributed by atoms with Crippen molar-refractivity contribution in [3.63, 3.8) is 0 Å². The molecule has 0 unspecified atom stereocenters. The Morgan fingerprint density at radius 1 is 1.42 bits per heavy atom. The first-order chi connectivity index (χ1) is 9.13. The largest absolute Gasteiger partial charge is 0.507 e. The molecular formula is C15H14ClNO2. The molecule has 4 heteroatoms. The van der Waals surface area contributed by atoms with Gasteiger partial charge in [-0.3, -0.25) is 4.79 Å². The number of carbonyl (C=O) groups is 1. The fourth-order valence-corrected chi connectivity index (χ4v) is 3.10. The molecule has 0 spiro atoms. The Balaban J connectivity index is 2.34. The number of alkyl halides is 1. The topological polar surface area (TPSA) is 40.5 Å². The monoisotopic (exact) mass is 275 g/mol. The molecule has 98 valence electrons. The second-order valence-electron chi connectivity index (χ2n) is 4.85. The van der Waals surface area contributed by atoms with Crippen LogP contribution >= 0.6 is 11.6 Å². The molecule has 1 N–H and O–H groups in total. The summed E-state index contributed by atoms with van der Waals surface area (Å²) in [6.07, 6.45) is 0. The number of phenolic OH excluding ortho intramolecular Hbond substituents is 1. The first kappa shape index (κ1) is 12.3. The van der Waals surface area contributed by atoms with Crippen molar-refractivity contribution in [2.45, 2.75) is 12.8 Å². The summed E-state index contributed by atoms with van der Waals surface area (Å²) in [5.74, 6) is 0.761. The van der Waals surface area contributed by atoms with Crippen LogP contribution in [0.15, 0.2) is 30.3 Å². The van der Waals surface area contributed by atoms with Gasteiger partial charge in [-0.25, -0.2) is 0 Å². The van der Waals surface area contributed by atoms with Gasteiger partial charge in [0.05, 0.1) is 5.69 Å². The summed E-state index contributed by atoms with van der Waals surface area (Å²) in [4.78, 5) is 13.4. The van der Waals surface area contributed by atoms with Gasteiger partial charge in [-0.2, -0.15) is 0 Å². The predicted octanol–water partition coefficient (Wildman–Crippen LogP) is 3.23. The highest BCUT2D eigenvalue weighted by atomic mass is 35.5. The number of fused-ring (bicyclic) bond motifs is 3. The molecule has 0 saturated heterocycles. The van der Waals surface area contributed by atoms with Crippen molar-refractivity contribution in [3.05, 3.63) is 35.9 Å². The molecular weight excluding hydrogens is 262 g/mol. The van der Waals surface area contributed by atoms with Gasteiger partial charge < -0.3 is 10.0 Å². The molecule has 3 nitrogen and oxygen atoms in total. The van der Waals surface area contributed by atoms with Crippen LogP contribution in [0.25, 0.3) is 10.8 Å². The quantitative estimate of drug-likeness (QED) is 0.812. The van der Waals surface area contributed by atoms with Gasteiger partial charge in [0.15, 0.2) is 0 Å². The fourth-order valence-electron chi connectivity index (χ4n) is 2.85. The number of anilines is 1. The summed E-state index contributed by atoms with van der Waals surface area (Å²) in [6.45, 7) is 2.12. The zero-order valence-corrected chi connectivity index (χ0v) is 11.3. The summed E-state index contributed by atoms with van der Waals surface area (Å²) in [7, 11) is 0. The Kier molecular flexibility index (Phi) is 2.86. The molecule has 1 amide bonds. The first-order valence-electron chi connectivity index (χ1n) is 6.22. The van der Waals surface area contributed by atoms with E-state index in [-0.39, 0.29) is 17.6 Å². The van der Waals surface area contributed by atoms with Crippen molar-refractivity contribution in [2.24, 2.45) is 0 Å². The van der Waals surface area contributed by atoms with Crippen LogP contribution in [0.3, 0.4) is 0 Å². The van der Waals surface area contributed by atoms with Crippen LogP contribution in [-0.4, -0.2) is 23.4 Å². The Morgan fingerprint density at radius 2 is 2.11 bits per heavy atom. The third-order valence-corrected chi connectivity index (χ3v) is 4.08. The van der Waals surface area contributed by atoms with E-state index >= 15 is 0 Å². The Morgan fingerprint density at radius 3 is 2.74 bits per heavy atom. The number of halogens is 1. The molecule has 0 radical (unpaired) electrons. The minimum Gasteiger partial charge on any atom is -0.507 e. The van der Waals surface area contributed by atoms with Crippen molar-refractivity contribution < 1.29 is 9.90 Å². The van der Waals surface area contributed by atoms with Crippen LogP contribution in [0.2, 0.25) is 0 Å². The Bertz CT molecular complexity index is 668. The normalized spacial score (nSPS) is 17.8. The third-order valence-electron chi connectivity index (χ3n) is 3.71. The molecule has 2 aromatic carbocycles. The SMILES string of the molecule is CC(=O)N1C[C@H](CCl)c2c1cc(O)c1ccccc21. The number of nitrogens with zero attached hydrogens (tertiary/aromatic N) is 1. The van der Waals surface area contributed by atoms with E-state index in [2.05, 4.69) is 0 Å². The van der Waals surface area contributed by atoms with Crippen molar-refractivity contribution in [1.82, 2.24) is 0 Å². The average Bonchev–Trinajstić information content (AvgIpc) is 2.78. The number of rotatable bonds is 1. The number of benzene rings is 2. The minimum absolute atomic E-state index is 0.0245. The number of amides is 1. The summed E-state index contributed by atoms with van der Waals surface area (Å²) >= 11 is 6.05. The van der Waals surface area contributed by atoms with Crippen molar-refractivity contribution in [2.75, 3.05) is 17.3 Å². The second kappa shape index (κ2) is 4.42. The lowest BCUT2D eigenvalue weighted by Crippen LogP contribution is -2.27. The Labute approximate surface area is 116 Å². The molecule has 1 aliphatic heterocycles. The highest BCUT2D eigenvalue weighted by Crippen LogP contribution is 2.44. The molecule has 2 aromatic rings. The summed E-state index contributed by atoms with van der Waals surface area (Å²) in [6, 6.07) is 9.35. The van der Waals surface area contributed by atoms with Crippen LogP contribution in [-0.2, 0) is 4.79 Å². The van der Waals surface area contributed by atoms with Gasteiger partial charge in [-0.05, 0) is 10.9 Å². The second-order valence-corrected chi connectivity index (χ2v) is 5.16. The van der Waals surface area contributed by atoms with E-state index < -0.39 is 0 Å². The van der Waals surface area contributed by atoms with Crippen LogP contribution < -0.4 is 4.90 Å². The highest BCUT2D eigenvalue weighted by molar-refractivity contribution is 6.19. The lowest BCUT2D eigenvalue weighted by Gasteiger charge is -2.15. The number of aromatic hydroxyl groups is 1. The van der Waals surface area contributed by atoms with Gasteiger partial charge in [-0.15, -0.1) is 11.6 Å². The number of carbonyl (C=O) groups excluding carboxylic acids is 1. The zero-order chi connectivity index (χ0) is 13.6. The van der Waals surface area contributed by atoms with Crippen LogP contribution in [0.4, 0.5) is 5.69 Å². The van der Waals surface area contributed by atoms with E-state index in [1.807, 2.05) is 24.3 Å². The van der Waals surface area contributed by atoms with E-state index in [9.17, 15) is 9.90 Å². The summed E-state index contributed by atoms with van der Waals surface area (Å²) < 4.78 is 0. The number of phenols is 1. The van der Waals surface area contributed by atoms with Crippen molar-refractivity contribution in [1.29, 1.82) is 0 Å². The van der Waals surface area contributed by atoms with E-state index in [0.717, 1.165) is 22.0 Å². The summed E-state index contributed by atoms with van der Waals surface area (Å²) in [5.41, 5.74) is 1.85. The minimum atomic E-state index is -0.0245. The molecule has 1 heterocycles. The molecule has 0 aliphatic carbocycles. The molecule has 0 aromatic heterocycles. The van der Waals surface area contributed by atoms with Crippen LogP contribution in [0, 0.1) is 0 Å². The van der Waals surface area contributed by atoms with E-state index in [0.29, 0.717) is 12.4 Å². The van der Waals surface area contributed by atoms with Crippen LogP contribution in [0.5, 0.6) is 5.75 Å². The molecule has 1 aliphatic rings. The maximum Gasteiger partial charge on any atom is 0.223 e. The van der Waals surface area contributed by atoms with Crippen LogP contribution in [0.1, 0.15) is 18.4 Å². The van der Waals surface area contributed by atoms with Gasteiger partial charge >= 0.3 is 0 Å². The van der Waals surface area contributed by atoms with Crippen molar-refractivity contribution >= 4 is 34.0 Å². The lowest BCUT2D eigenvalue weighted by molar-refractivity contribution is -0.116. The molecule has 0 bridgehead atoms. The summed E-state index contributed by atoms with van der Waals surface area (Å²) in [5, 5.41) is 11.9. The zero-order valence-electron chi connectivity index (χ0n) is 10.6. The smallest absolute Gasteiger partial charge is 0.223 e. The fraction of sp³-hybridized carbons (Fsp3) is 0.267.